The maximum Gasteiger partial charge on any atom is 0.262 e. The van der Waals surface area contributed by atoms with E-state index < -0.39 is 10.0 Å². The summed E-state index contributed by atoms with van der Waals surface area (Å²) in [6, 6.07) is 14.0. The van der Waals surface area contributed by atoms with Crippen molar-refractivity contribution < 1.29 is 13.2 Å². The van der Waals surface area contributed by atoms with Gasteiger partial charge < -0.3 is 5.32 Å². The maximum absolute atomic E-state index is 12.7. The number of benzene rings is 2. The number of aliphatic imine (C=N–C) groups is 1. The summed E-state index contributed by atoms with van der Waals surface area (Å²) in [7, 11) is -3.74. The minimum atomic E-state index is -3.74. The van der Waals surface area contributed by atoms with Gasteiger partial charge in [-0.05, 0) is 49.6 Å². The Morgan fingerprint density at radius 1 is 1.07 bits per heavy atom. The summed E-state index contributed by atoms with van der Waals surface area (Å²) in [5.41, 5.74) is 2.44. The molecule has 3 rings (SSSR count). The number of sulfonamides is 1. The Morgan fingerprint density at radius 3 is 2.72 bits per heavy atom. The lowest BCUT2D eigenvalue weighted by Gasteiger charge is -2.11. The molecule has 2 aromatic carbocycles. The molecule has 7 heteroatoms. The Balaban J connectivity index is 1.68. The van der Waals surface area contributed by atoms with Gasteiger partial charge in [-0.25, -0.2) is 8.42 Å². The van der Waals surface area contributed by atoms with Crippen molar-refractivity contribution in [2.24, 2.45) is 4.99 Å². The first-order chi connectivity index (χ1) is 13.9. The van der Waals surface area contributed by atoms with E-state index in [1.807, 2.05) is 31.2 Å². The number of nitrogens with zero attached hydrogens (tertiary/aromatic N) is 1. The Bertz CT molecular complexity index is 1040. The van der Waals surface area contributed by atoms with Gasteiger partial charge in [-0.2, -0.15) is 0 Å². The first-order valence-electron chi connectivity index (χ1n) is 9.64. The molecule has 0 unspecified atom stereocenters. The Hall–Kier alpha value is -2.93. The van der Waals surface area contributed by atoms with Crippen molar-refractivity contribution >= 4 is 33.5 Å². The van der Waals surface area contributed by atoms with Crippen LogP contribution in [-0.2, 0) is 14.8 Å². The van der Waals surface area contributed by atoms with E-state index in [0.717, 1.165) is 30.4 Å². The number of amidine groups is 1. The molecule has 0 aromatic heterocycles. The Kier molecular flexibility index (Phi) is 6.82. The number of anilines is 1. The van der Waals surface area contributed by atoms with E-state index in [4.69, 9.17) is 0 Å². The fourth-order valence-electron chi connectivity index (χ4n) is 3.04. The number of hydrogen-bond acceptors (Lipinski definition) is 4. The van der Waals surface area contributed by atoms with Crippen molar-refractivity contribution in [1.82, 2.24) is 4.72 Å². The standard InChI is InChI=1S/C22H25N3O3S/c1-17-7-5-8-18(15-17)12-13-22(26)24-19-9-6-10-20(16-19)29(27,28)25-21-11-3-2-4-14-23-21/h5-10,12-13,15-16H,2-4,11,14H2,1H3,(H,23,25)(H,24,26)/b13-12+. The minimum absolute atomic E-state index is 0.0879. The topological polar surface area (TPSA) is 87.6 Å². The lowest BCUT2D eigenvalue weighted by Crippen LogP contribution is -2.30. The van der Waals surface area contributed by atoms with E-state index in [1.54, 1.807) is 18.2 Å². The lowest BCUT2D eigenvalue weighted by atomic mass is 10.1. The van der Waals surface area contributed by atoms with Gasteiger partial charge in [0.2, 0.25) is 5.91 Å². The summed E-state index contributed by atoms with van der Waals surface area (Å²) < 4.78 is 27.9. The molecule has 1 aliphatic heterocycles. The van der Waals surface area contributed by atoms with Crippen molar-refractivity contribution in [1.29, 1.82) is 0 Å². The van der Waals surface area contributed by atoms with Crippen LogP contribution < -0.4 is 10.0 Å². The maximum atomic E-state index is 12.7. The van der Waals surface area contributed by atoms with Crippen LogP contribution in [0.2, 0.25) is 0 Å². The third-order valence-electron chi connectivity index (χ3n) is 4.51. The predicted molar refractivity (Wildman–Crippen MR) is 116 cm³/mol. The fraction of sp³-hybridized carbons (Fsp3) is 0.273. The molecule has 29 heavy (non-hydrogen) atoms. The van der Waals surface area contributed by atoms with Gasteiger partial charge in [0.25, 0.3) is 10.0 Å². The number of hydrogen-bond donors (Lipinski definition) is 2. The van der Waals surface area contributed by atoms with Gasteiger partial charge in [0.1, 0.15) is 5.84 Å². The minimum Gasteiger partial charge on any atom is -0.322 e. The van der Waals surface area contributed by atoms with Crippen molar-refractivity contribution in [3.8, 4) is 0 Å². The van der Waals surface area contributed by atoms with Gasteiger partial charge in [0.15, 0.2) is 0 Å². The van der Waals surface area contributed by atoms with Crippen molar-refractivity contribution in [3.63, 3.8) is 0 Å². The van der Waals surface area contributed by atoms with E-state index in [1.165, 1.54) is 18.2 Å². The molecule has 0 fully saturated rings. The van der Waals surface area contributed by atoms with Crippen molar-refractivity contribution in [3.05, 3.63) is 65.7 Å². The molecule has 6 nitrogen and oxygen atoms in total. The SMILES string of the molecule is Cc1cccc(/C=C/C(=O)Nc2cccc(S(=O)(=O)NC3=NCCCCC3)c2)c1. The van der Waals surface area contributed by atoms with Gasteiger partial charge in [-0.1, -0.05) is 42.3 Å². The average Bonchev–Trinajstić information content (AvgIpc) is 2.95. The predicted octanol–water partition coefficient (Wildman–Crippen LogP) is 3.90. The lowest BCUT2D eigenvalue weighted by molar-refractivity contribution is -0.111. The number of carbonyl (C=O) groups excluding carboxylic acids is 1. The van der Waals surface area contributed by atoms with E-state index in [0.29, 0.717) is 24.5 Å². The normalized spacial score (nSPS) is 14.9. The third-order valence-corrected chi connectivity index (χ3v) is 5.89. The molecular formula is C22H25N3O3S. The van der Waals surface area contributed by atoms with Gasteiger partial charge in [0.05, 0.1) is 4.90 Å². The zero-order chi connectivity index (χ0) is 20.7. The number of rotatable bonds is 5. The number of aryl methyl sites for hydroxylation is 1. The van der Waals surface area contributed by atoms with Crippen LogP contribution in [0.1, 0.15) is 36.8 Å². The monoisotopic (exact) mass is 411 g/mol. The molecular weight excluding hydrogens is 386 g/mol. The molecule has 0 saturated heterocycles. The molecule has 0 radical (unpaired) electrons. The van der Waals surface area contributed by atoms with Crippen LogP contribution in [0.25, 0.3) is 6.08 Å². The van der Waals surface area contributed by atoms with Crippen LogP contribution in [0.3, 0.4) is 0 Å². The summed E-state index contributed by atoms with van der Waals surface area (Å²) >= 11 is 0. The molecule has 0 aliphatic carbocycles. The highest BCUT2D eigenvalue weighted by Gasteiger charge is 2.17. The number of nitrogens with one attached hydrogen (secondary N) is 2. The molecule has 0 bridgehead atoms. The molecule has 0 spiro atoms. The van der Waals surface area contributed by atoms with Crippen LogP contribution in [0.15, 0.2) is 64.5 Å². The number of amides is 1. The molecule has 152 valence electrons. The van der Waals surface area contributed by atoms with Gasteiger partial charge >= 0.3 is 0 Å². The fourth-order valence-corrected chi connectivity index (χ4v) is 4.18. The van der Waals surface area contributed by atoms with Crippen molar-refractivity contribution in [2.45, 2.75) is 37.5 Å². The summed E-state index contributed by atoms with van der Waals surface area (Å²) in [4.78, 5) is 16.6. The van der Waals surface area contributed by atoms with Crippen LogP contribution >= 0.6 is 0 Å². The summed E-state index contributed by atoms with van der Waals surface area (Å²) in [6.07, 6.45) is 6.71. The molecule has 2 aromatic rings. The van der Waals surface area contributed by atoms with E-state index in [9.17, 15) is 13.2 Å². The largest absolute Gasteiger partial charge is 0.322 e. The second-order valence-corrected chi connectivity index (χ2v) is 8.69. The zero-order valence-corrected chi connectivity index (χ0v) is 17.2. The quantitative estimate of drug-likeness (QED) is 0.732. The summed E-state index contributed by atoms with van der Waals surface area (Å²) in [5, 5.41) is 2.70. The van der Waals surface area contributed by atoms with Crippen LogP contribution in [-0.4, -0.2) is 26.7 Å². The molecule has 2 N–H and O–H groups in total. The third kappa shape index (κ3) is 6.29. The second-order valence-electron chi connectivity index (χ2n) is 7.01. The summed E-state index contributed by atoms with van der Waals surface area (Å²) in [5.74, 6) is 0.167. The molecule has 1 amide bonds. The molecule has 1 heterocycles. The average molecular weight is 412 g/mol. The highest BCUT2D eigenvalue weighted by atomic mass is 32.2. The van der Waals surface area contributed by atoms with Crippen molar-refractivity contribution in [2.75, 3.05) is 11.9 Å². The van der Waals surface area contributed by atoms with Crippen LogP contribution in [0, 0.1) is 6.92 Å². The smallest absolute Gasteiger partial charge is 0.262 e. The second kappa shape index (κ2) is 9.52. The Morgan fingerprint density at radius 2 is 1.90 bits per heavy atom. The van der Waals surface area contributed by atoms with E-state index >= 15 is 0 Å². The van der Waals surface area contributed by atoms with Crippen LogP contribution in [0.4, 0.5) is 5.69 Å². The molecule has 0 atom stereocenters. The van der Waals surface area contributed by atoms with E-state index in [-0.39, 0.29) is 10.8 Å². The first-order valence-corrected chi connectivity index (χ1v) is 11.1. The molecule has 1 aliphatic rings. The van der Waals surface area contributed by atoms with Gasteiger partial charge in [0, 0.05) is 24.7 Å². The van der Waals surface area contributed by atoms with Gasteiger partial charge in [-0.15, -0.1) is 0 Å². The van der Waals surface area contributed by atoms with Crippen LogP contribution in [0.5, 0.6) is 0 Å². The highest BCUT2D eigenvalue weighted by molar-refractivity contribution is 7.90. The van der Waals surface area contributed by atoms with Gasteiger partial charge in [-0.3, -0.25) is 14.5 Å². The molecule has 0 saturated carbocycles. The summed E-state index contributed by atoms with van der Waals surface area (Å²) in [6.45, 7) is 2.62. The Labute approximate surface area is 171 Å². The van der Waals surface area contributed by atoms with E-state index in [2.05, 4.69) is 15.0 Å². The number of carbonyl (C=O) groups is 1. The first kappa shape index (κ1) is 20.8. The highest BCUT2D eigenvalue weighted by Crippen LogP contribution is 2.17. The zero-order valence-electron chi connectivity index (χ0n) is 16.4.